The molecule has 0 radical (unpaired) electrons. The molecule has 0 saturated carbocycles. The van der Waals surface area contributed by atoms with Gasteiger partial charge in [0.05, 0.1) is 14.2 Å². The van der Waals surface area contributed by atoms with Gasteiger partial charge in [0.25, 0.3) is 0 Å². The molecule has 0 aromatic heterocycles. The Labute approximate surface area is 147 Å². The Balaban J connectivity index is 1.93. The molecule has 0 aliphatic rings. The zero-order chi connectivity index (χ0) is 18.1. The lowest BCUT2D eigenvalue weighted by atomic mass is 10.1. The van der Waals surface area contributed by atoms with Crippen molar-refractivity contribution < 1.29 is 19.1 Å². The summed E-state index contributed by atoms with van der Waals surface area (Å²) in [6, 6.07) is 15.7. The van der Waals surface area contributed by atoms with Gasteiger partial charge in [-0.2, -0.15) is 0 Å². The monoisotopic (exact) mass is 342 g/mol. The summed E-state index contributed by atoms with van der Waals surface area (Å²) < 4.78 is 9.93. The first-order valence-electron chi connectivity index (χ1n) is 7.91. The van der Waals surface area contributed by atoms with Crippen LogP contribution in [-0.2, 0) is 22.5 Å². The van der Waals surface area contributed by atoms with Crippen molar-refractivity contribution in [2.75, 3.05) is 14.2 Å². The zero-order valence-electron chi connectivity index (χ0n) is 14.3. The van der Waals surface area contributed by atoms with Crippen LogP contribution in [0.1, 0.15) is 11.1 Å². The fourth-order valence-corrected chi connectivity index (χ4v) is 2.36. The molecule has 2 amide bonds. The van der Waals surface area contributed by atoms with Crippen molar-refractivity contribution in [1.29, 1.82) is 0 Å². The topological polar surface area (TPSA) is 76.7 Å². The molecule has 0 unspecified atom stereocenters. The van der Waals surface area contributed by atoms with Gasteiger partial charge in [-0.3, -0.25) is 0 Å². The number of esters is 1. The highest BCUT2D eigenvalue weighted by molar-refractivity contribution is 5.83. The molecule has 2 aromatic rings. The van der Waals surface area contributed by atoms with E-state index in [0.29, 0.717) is 13.0 Å². The molecule has 6 heteroatoms. The van der Waals surface area contributed by atoms with E-state index in [0.717, 1.165) is 16.9 Å². The van der Waals surface area contributed by atoms with Gasteiger partial charge < -0.3 is 20.1 Å². The van der Waals surface area contributed by atoms with Gasteiger partial charge in [-0.05, 0) is 23.3 Å². The Morgan fingerprint density at radius 2 is 1.72 bits per heavy atom. The molecule has 0 fully saturated rings. The van der Waals surface area contributed by atoms with Crippen LogP contribution in [0.4, 0.5) is 4.79 Å². The van der Waals surface area contributed by atoms with Crippen molar-refractivity contribution in [3.05, 3.63) is 65.7 Å². The largest absolute Gasteiger partial charge is 0.497 e. The van der Waals surface area contributed by atoms with Gasteiger partial charge in [-0.1, -0.05) is 42.5 Å². The van der Waals surface area contributed by atoms with Crippen LogP contribution < -0.4 is 15.4 Å². The van der Waals surface area contributed by atoms with Crippen LogP contribution in [0.15, 0.2) is 54.6 Å². The minimum absolute atomic E-state index is 0.322. The molecule has 2 rings (SSSR count). The summed E-state index contributed by atoms with van der Waals surface area (Å²) in [6.07, 6.45) is 0.361. The first kappa shape index (κ1) is 18.3. The highest BCUT2D eigenvalue weighted by Gasteiger charge is 2.21. The Morgan fingerprint density at radius 1 is 1.00 bits per heavy atom. The van der Waals surface area contributed by atoms with Crippen molar-refractivity contribution in [2.24, 2.45) is 0 Å². The van der Waals surface area contributed by atoms with Crippen molar-refractivity contribution in [3.63, 3.8) is 0 Å². The number of methoxy groups -OCH3 is 2. The number of urea groups is 1. The summed E-state index contributed by atoms with van der Waals surface area (Å²) in [5.74, 6) is 0.233. The lowest BCUT2D eigenvalue weighted by Crippen LogP contribution is -2.47. The Morgan fingerprint density at radius 3 is 2.40 bits per heavy atom. The maximum absolute atomic E-state index is 12.1. The number of ether oxygens (including phenoxy) is 2. The Kier molecular flexibility index (Phi) is 6.83. The molecular weight excluding hydrogens is 320 g/mol. The first-order valence-corrected chi connectivity index (χ1v) is 7.91. The van der Waals surface area contributed by atoms with Crippen LogP contribution in [0.3, 0.4) is 0 Å². The quantitative estimate of drug-likeness (QED) is 0.757. The van der Waals surface area contributed by atoms with Crippen molar-refractivity contribution in [1.82, 2.24) is 10.6 Å². The number of rotatable bonds is 7. The van der Waals surface area contributed by atoms with Gasteiger partial charge in [0.1, 0.15) is 11.8 Å². The Hall–Kier alpha value is -3.02. The van der Waals surface area contributed by atoms with Crippen LogP contribution in [0, 0.1) is 0 Å². The molecule has 0 aliphatic carbocycles. The molecule has 0 heterocycles. The smallest absolute Gasteiger partial charge is 0.328 e. The molecule has 2 aromatic carbocycles. The van der Waals surface area contributed by atoms with Crippen molar-refractivity contribution in [3.8, 4) is 5.75 Å². The van der Waals surface area contributed by atoms with E-state index in [-0.39, 0.29) is 0 Å². The fraction of sp³-hybridized carbons (Fsp3) is 0.263. The molecule has 0 spiro atoms. The standard InChI is InChI=1S/C19H22N2O4/c1-24-16-10-6-9-15(11-16)13-20-19(23)21-17(18(22)25-2)12-14-7-4-3-5-8-14/h3-11,17H,12-13H2,1-2H3,(H2,20,21,23)/t17-/m0/s1. The molecule has 1 atom stereocenters. The third-order valence-electron chi connectivity index (χ3n) is 3.66. The zero-order valence-corrected chi connectivity index (χ0v) is 14.3. The normalized spacial score (nSPS) is 11.3. The van der Waals surface area contributed by atoms with E-state index in [4.69, 9.17) is 9.47 Å². The predicted octanol–water partition coefficient (Wildman–Crippen LogP) is 2.28. The second kappa shape index (κ2) is 9.32. The summed E-state index contributed by atoms with van der Waals surface area (Å²) >= 11 is 0. The van der Waals surface area contributed by atoms with Crippen LogP contribution in [0.5, 0.6) is 5.75 Å². The molecule has 0 bridgehead atoms. The SMILES string of the molecule is COC(=O)[C@H](Cc1ccccc1)NC(=O)NCc1cccc(OC)c1. The molecule has 2 N–H and O–H groups in total. The average Bonchev–Trinajstić information content (AvgIpc) is 2.66. The summed E-state index contributed by atoms with van der Waals surface area (Å²) in [5.41, 5.74) is 1.83. The summed E-state index contributed by atoms with van der Waals surface area (Å²) in [5, 5.41) is 5.39. The van der Waals surface area contributed by atoms with Gasteiger partial charge in [-0.25, -0.2) is 9.59 Å². The molecule has 0 aliphatic heterocycles. The third kappa shape index (κ3) is 5.84. The lowest BCUT2D eigenvalue weighted by Gasteiger charge is -2.17. The highest BCUT2D eigenvalue weighted by atomic mass is 16.5. The van der Waals surface area contributed by atoms with Gasteiger partial charge in [-0.15, -0.1) is 0 Å². The van der Waals surface area contributed by atoms with E-state index in [1.54, 1.807) is 7.11 Å². The molecule has 132 valence electrons. The van der Waals surface area contributed by atoms with Crippen LogP contribution in [0.2, 0.25) is 0 Å². The van der Waals surface area contributed by atoms with Gasteiger partial charge in [0, 0.05) is 13.0 Å². The highest BCUT2D eigenvalue weighted by Crippen LogP contribution is 2.12. The average molecular weight is 342 g/mol. The fourth-order valence-electron chi connectivity index (χ4n) is 2.36. The van der Waals surface area contributed by atoms with Gasteiger partial charge in [0.2, 0.25) is 0 Å². The van der Waals surface area contributed by atoms with Crippen LogP contribution in [-0.4, -0.2) is 32.3 Å². The number of benzene rings is 2. The summed E-state index contributed by atoms with van der Waals surface area (Å²) in [7, 11) is 2.89. The number of carbonyl (C=O) groups is 2. The van der Waals surface area contributed by atoms with Crippen molar-refractivity contribution >= 4 is 12.0 Å². The van der Waals surface area contributed by atoms with Crippen molar-refractivity contribution in [2.45, 2.75) is 19.0 Å². The Bertz CT molecular complexity index is 704. The number of carbonyl (C=O) groups excluding carboxylic acids is 2. The molecule has 6 nitrogen and oxygen atoms in total. The van der Waals surface area contributed by atoms with Gasteiger partial charge >= 0.3 is 12.0 Å². The van der Waals surface area contributed by atoms with Crippen LogP contribution >= 0.6 is 0 Å². The maximum atomic E-state index is 12.1. The molecule has 25 heavy (non-hydrogen) atoms. The predicted molar refractivity (Wildman–Crippen MR) is 94.3 cm³/mol. The van der Waals surface area contributed by atoms with Crippen LogP contribution in [0.25, 0.3) is 0 Å². The maximum Gasteiger partial charge on any atom is 0.328 e. The number of hydrogen-bond donors (Lipinski definition) is 2. The van der Waals surface area contributed by atoms with E-state index < -0.39 is 18.0 Å². The van der Waals surface area contributed by atoms with E-state index in [1.165, 1.54) is 7.11 Å². The van der Waals surface area contributed by atoms with E-state index in [1.807, 2.05) is 54.6 Å². The van der Waals surface area contributed by atoms with E-state index >= 15 is 0 Å². The molecule has 0 saturated heterocycles. The summed E-state index contributed by atoms with van der Waals surface area (Å²) in [4.78, 5) is 24.1. The summed E-state index contributed by atoms with van der Waals surface area (Å²) in [6.45, 7) is 0.322. The third-order valence-corrected chi connectivity index (χ3v) is 3.66. The minimum Gasteiger partial charge on any atom is -0.497 e. The number of amides is 2. The van der Waals surface area contributed by atoms with Gasteiger partial charge in [0.15, 0.2) is 0 Å². The first-order chi connectivity index (χ1) is 12.1. The number of nitrogens with one attached hydrogen (secondary N) is 2. The minimum atomic E-state index is -0.752. The molecular formula is C19H22N2O4. The number of hydrogen-bond acceptors (Lipinski definition) is 4. The van der Waals surface area contributed by atoms with E-state index in [9.17, 15) is 9.59 Å². The lowest BCUT2D eigenvalue weighted by molar-refractivity contribution is -0.142. The second-order valence-corrected chi connectivity index (χ2v) is 5.44. The second-order valence-electron chi connectivity index (χ2n) is 5.44. The van der Waals surface area contributed by atoms with E-state index in [2.05, 4.69) is 10.6 Å².